The molecular weight excluding hydrogens is 238 g/mol. The first kappa shape index (κ1) is 13.1. The van der Waals surface area contributed by atoms with Gasteiger partial charge in [0, 0.05) is 37.2 Å². The number of benzene rings is 1. The summed E-state index contributed by atoms with van der Waals surface area (Å²) in [5.41, 5.74) is 9.11. The van der Waals surface area contributed by atoms with E-state index in [4.69, 9.17) is 5.73 Å². The van der Waals surface area contributed by atoms with Crippen LogP contribution < -0.4 is 5.73 Å². The van der Waals surface area contributed by atoms with Crippen molar-refractivity contribution in [2.45, 2.75) is 13.5 Å². The first-order valence-corrected chi connectivity index (χ1v) is 6.08. The number of nitrogens with zero attached hydrogens (tertiary/aromatic N) is 2. The van der Waals surface area contributed by atoms with Crippen LogP contribution >= 0.6 is 0 Å². The van der Waals surface area contributed by atoms with Gasteiger partial charge in [-0.1, -0.05) is 6.07 Å². The Labute approximate surface area is 112 Å². The fourth-order valence-electron chi connectivity index (χ4n) is 1.83. The summed E-state index contributed by atoms with van der Waals surface area (Å²) in [4.78, 5) is 17.9. The average Bonchev–Trinajstić information content (AvgIpc) is 2.42. The molecule has 0 atom stereocenters. The summed E-state index contributed by atoms with van der Waals surface area (Å²) in [5, 5.41) is 0. The van der Waals surface area contributed by atoms with E-state index in [0.29, 0.717) is 17.8 Å². The van der Waals surface area contributed by atoms with Crippen LogP contribution in [0.1, 0.15) is 21.5 Å². The van der Waals surface area contributed by atoms with Gasteiger partial charge >= 0.3 is 0 Å². The lowest BCUT2D eigenvalue weighted by molar-refractivity contribution is 0.0785. The van der Waals surface area contributed by atoms with Gasteiger partial charge in [-0.05, 0) is 42.3 Å². The lowest BCUT2D eigenvalue weighted by Crippen LogP contribution is -2.26. The Morgan fingerprint density at radius 1 is 1.26 bits per heavy atom. The number of nitrogens with two attached hydrogens (primary N) is 1. The Kier molecular flexibility index (Phi) is 3.80. The van der Waals surface area contributed by atoms with Crippen LogP contribution in [0.3, 0.4) is 0 Å². The van der Waals surface area contributed by atoms with Crippen molar-refractivity contribution < 1.29 is 4.79 Å². The Morgan fingerprint density at radius 2 is 1.95 bits per heavy atom. The molecule has 4 heteroatoms. The summed E-state index contributed by atoms with van der Waals surface area (Å²) in [7, 11) is 1.78. The Morgan fingerprint density at radius 3 is 2.58 bits per heavy atom. The zero-order chi connectivity index (χ0) is 13.8. The molecule has 0 saturated heterocycles. The molecule has 0 aliphatic carbocycles. The predicted octanol–water partition coefficient (Wildman–Crippen LogP) is 2.24. The van der Waals surface area contributed by atoms with Crippen LogP contribution in [0.5, 0.6) is 0 Å². The Balaban J connectivity index is 2.12. The van der Waals surface area contributed by atoms with E-state index in [2.05, 4.69) is 4.98 Å². The van der Waals surface area contributed by atoms with Crippen LogP contribution in [0.25, 0.3) is 0 Å². The third-order valence-corrected chi connectivity index (χ3v) is 3.04. The lowest BCUT2D eigenvalue weighted by Gasteiger charge is -2.17. The highest BCUT2D eigenvalue weighted by molar-refractivity contribution is 5.95. The number of carbonyl (C=O) groups excluding carboxylic acids is 1. The van der Waals surface area contributed by atoms with Gasteiger partial charge in [0.25, 0.3) is 5.91 Å². The summed E-state index contributed by atoms with van der Waals surface area (Å²) in [6.07, 6.45) is 3.44. The highest BCUT2D eigenvalue weighted by atomic mass is 16.2. The number of aromatic nitrogens is 1. The summed E-state index contributed by atoms with van der Waals surface area (Å²) >= 11 is 0. The minimum absolute atomic E-state index is 0.0384. The quantitative estimate of drug-likeness (QED) is 0.856. The molecule has 1 heterocycles. The van der Waals surface area contributed by atoms with E-state index in [1.165, 1.54) is 0 Å². The molecule has 19 heavy (non-hydrogen) atoms. The van der Waals surface area contributed by atoms with Gasteiger partial charge in [0.1, 0.15) is 0 Å². The molecule has 0 fully saturated rings. The summed E-state index contributed by atoms with van der Waals surface area (Å²) in [6.45, 7) is 2.47. The van der Waals surface area contributed by atoms with E-state index in [1.54, 1.807) is 36.5 Å². The molecule has 98 valence electrons. The fourth-order valence-corrected chi connectivity index (χ4v) is 1.83. The molecule has 4 nitrogen and oxygen atoms in total. The number of aryl methyl sites for hydroxylation is 1. The first-order chi connectivity index (χ1) is 9.08. The fraction of sp³-hybridized carbons (Fsp3) is 0.200. The van der Waals surface area contributed by atoms with Gasteiger partial charge in [-0.3, -0.25) is 9.78 Å². The monoisotopic (exact) mass is 255 g/mol. The minimum atomic E-state index is -0.0384. The molecule has 0 spiro atoms. The second-order valence-corrected chi connectivity index (χ2v) is 4.59. The molecule has 0 aliphatic heterocycles. The third kappa shape index (κ3) is 3.10. The topological polar surface area (TPSA) is 59.2 Å². The molecule has 1 amide bonds. The Hall–Kier alpha value is -2.36. The highest BCUT2D eigenvalue weighted by Crippen LogP contribution is 2.15. The second kappa shape index (κ2) is 5.52. The number of amides is 1. The smallest absolute Gasteiger partial charge is 0.253 e. The van der Waals surface area contributed by atoms with Gasteiger partial charge in [-0.25, -0.2) is 0 Å². The van der Waals surface area contributed by atoms with Gasteiger partial charge in [0.2, 0.25) is 0 Å². The molecule has 2 N–H and O–H groups in total. The van der Waals surface area contributed by atoms with Crippen molar-refractivity contribution in [1.82, 2.24) is 9.88 Å². The minimum Gasteiger partial charge on any atom is -0.398 e. The molecule has 0 bridgehead atoms. The number of carbonyl (C=O) groups is 1. The van der Waals surface area contributed by atoms with Gasteiger partial charge in [0.05, 0.1) is 0 Å². The second-order valence-electron chi connectivity index (χ2n) is 4.59. The maximum atomic E-state index is 12.3. The zero-order valence-electron chi connectivity index (χ0n) is 11.1. The highest BCUT2D eigenvalue weighted by Gasteiger charge is 2.12. The molecule has 0 unspecified atom stereocenters. The predicted molar refractivity (Wildman–Crippen MR) is 75.6 cm³/mol. The van der Waals surface area contributed by atoms with Crippen LogP contribution in [0.4, 0.5) is 5.69 Å². The number of hydrogen-bond donors (Lipinski definition) is 1. The first-order valence-electron chi connectivity index (χ1n) is 6.08. The van der Waals surface area contributed by atoms with E-state index in [-0.39, 0.29) is 5.91 Å². The average molecular weight is 255 g/mol. The number of nitrogen functional groups attached to an aromatic ring is 1. The van der Waals surface area contributed by atoms with Crippen LogP contribution in [0, 0.1) is 6.92 Å². The van der Waals surface area contributed by atoms with Crippen molar-refractivity contribution in [1.29, 1.82) is 0 Å². The molecule has 0 saturated carbocycles. The normalized spacial score (nSPS) is 10.2. The molecule has 1 aromatic heterocycles. The molecule has 2 rings (SSSR count). The van der Waals surface area contributed by atoms with E-state index < -0.39 is 0 Å². The lowest BCUT2D eigenvalue weighted by atomic mass is 10.1. The van der Waals surface area contributed by atoms with Gasteiger partial charge < -0.3 is 10.6 Å². The summed E-state index contributed by atoms with van der Waals surface area (Å²) < 4.78 is 0. The van der Waals surface area contributed by atoms with Crippen molar-refractivity contribution in [2.75, 3.05) is 12.8 Å². The van der Waals surface area contributed by atoms with E-state index >= 15 is 0 Å². The van der Waals surface area contributed by atoms with Crippen molar-refractivity contribution in [2.24, 2.45) is 0 Å². The summed E-state index contributed by atoms with van der Waals surface area (Å²) in [6, 6.07) is 9.18. The Bertz CT molecular complexity index is 581. The number of anilines is 1. The van der Waals surface area contributed by atoms with Gasteiger partial charge in [-0.2, -0.15) is 0 Å². The largest absolute Gasteiger partial charge is 0.398 e. The molecule has 0 aliphatic rings. The van der Waals surface area contributed by atoms with E-state index in [9.17, 15) is 4.79 Å². The van der Waals surface area contributed by atoms with Crippen LogP contribution in [0.2, 0.25) is 0 Å². The maximum Gasteiger partial charge on any atom is 0.253 e. The molecule has 2 aromatic rings. The van der Waals surface area contributed by atoms with Gasteiger partial charge in [0.15, 0.2) is 0 Å². The van der Waals surface area contributed by atoms with Crippen molar-refractivity contribution in [3.8, 4) is 0 Å². The zero-order valence-corrected chi connectivity index (χ0v) is 11.1. The van der Waals surface area contributed by atoms with Crippen LogP contribution in [-0.4, -0.2) is 22.8 Å². The number of rotatable bonds is 3. The van der Waals surface area contributed by atoms with Crippen molar-refractivity contribution in [3.05, 3.63) is 59.4 Å². The van der Waals surface area contributed by atoms with Crippen molar-refractivity contribution in [3.63, 3.8) is 0 Å². The maximum absolute atomic E-state index is 12.3. The molecular formula is C15H17N3O. The number of pyridine rings is 1. The standard InChI is InChI=1S/C15H17N3O/c1-11-3-4-13(9-14(11)16)15(19)18(2)10-12-5-7-17-8-6-12/h3-9H,10,16H2,1-2H3. The van der Waals surface area contributed by atoms with Gasteiger partial charge in [-0.15, -0.1) is 0 Å². The van der Waals surface area contributed by atoms with E-state index in [1.807, 2.05) is 25.1 Å². The van der Waals surface area contributed by atoms with E-state index in [0.717, 1.165) is 11.1 Å². The molecule has 1 aromatic carbocycles. The summed E-state index contributed by atoms with van der Waals surface area (Å²) in [5.74, 6) is -0.0384. The van der Waals surface area contributed by atoms with Crippen LogP contribution in [-0.2, 0) is 6.54 Å². The SMILES string of the molecule is Cc1ccc(C(=O)N(C)Cc2ccncc2)cc1N. The molecule has 0 radical (unpaired) electrons. The third-order valence-electron chi connectivity index (χ3n) is 3.04. The van der Waals surface area contributed by atoms with Crippen molar-refractivity contribution >= 4 is 11.6 Å². The van der Waals surface area contributed by atoms with Crippen LogP contribution in [0.15, 0.2) is 42.7 Å². The number of hydrogen-bond acceptors (Lipinski definition) is 3.